The third-order valence-corrected chi connectivity index (χ3v) is 5.56. The maximum absolute atomic E-state index is 13.1. The van der Waals surface area contributed by atoms with Crippen LogP contribution in [0.3, 0.4) is 0 Å². The molecular formula is C19H25NO2. The first-order valence-corrected chi connectivity index (χ1v) is 8.35. The van der Waals surface area contributed by atoms with Crippen molar-refractivity contribution in [2.24, 2.45) is 5.92 Å². The van der Waals surface area contributed by atoms with Gasteiger partial charge in [-0.2, -0.15) is 0 Å². The van der Waals surface area contributed by atoms with Crippen LogP contribution in [-0.4, -0.2) is 34.1 Å². The minimum Gasteiger partial charge on any atom is -0.394 e. The summed E-state index contributed by atoms with van der Waals surface area (Å²) in [6.07, 6.45) is 8.38. The van der Waals surface area contributed by atoms with E-state index in [0.717, 1.165) is 37.7 Å². The fourth-order valence-corrected chi connectivity index (χ4v) is 4.49. The molecule has 1 saturated heterocycles. The molecule has 1 aromatic rings. The van der Waals surface area contributed by atoms with Crippen LogP contribution in [0.25, 0.3) is 0 Å². The third kappa shape index (κ3) is 2.38. The zero-order chi connectivity index (χ0) is 15.6. The summed E-state index contributed by atoms with van der Waals surface area (Å²) in [5.74, 6) is 0.399. The van der Waals surface area contributed by atoms with E-state index in [1.54, 1.807) is 0 Å². The number of carbonyl (C=O) groups is 1. The van der Waals surface area contributed by atoms with Crippen molar-refractivity contribution in [3.05, 3.63) is 48.6 Å². The van der Waals surface area contributed by atoms with Crippen molar-refractivity contribution in [2.45, 2.75) is 50.1 Å². The van der Waals surface area contributed by atoms with Gasteiger partial charge < -0.3 is 10.0 Å². The van der Waals surface area contributed by atoms with Crippen molar-refractivity contribution < 1.29 is 9.90 Å². The molecule has 2 fully saturated rings. The van der Waals surface area contributed by atoms with Gasteiger partial charge in [-0.1, -0.05) is 37.1 Å². The molecular weight excluding hydrogens is 274 g/mol. The van der Waals surface area contributed by atoms with Crippen molar-refractivity contribution in [3.8, 4) is 0 Å². The zero-order valence-corrected chi connectivity index (χ0v) is 13.1. The minimum atomic E-state index is -0.139. The summed E-state index contributed by atoms with van der Waals surface area (Å²) < 4.78 is 0. The van der Waals surface area contributed by atoms with Crippen LogP contribution in [0.15, 0.2) is 43.0 Å². The number of hydrogen-bond acceptors (Lipinski definition) is 2. The van der Waals surface area contributed by atoms with E-state index >= 15 is 0 Å². The summed E-state index contributed by atoms with van der Waals surface area (Å²) in [7, 11) is 0. The van der Waals surface area contributed by atoms with Gasteiger partial charge in [0.25, 0.3) is 5.91 Å². The Morgan fingerprint density at radius 1 is 1.27 bits per heavy atom. The quantitative estimate of drug-likeness (QED) is 0.869. The highest BCUT2D eigenvalue weighted by Crippen LogP contribution is 2.48. The van der Waals surface area contributed by atoms with E-state index in [4.69, 9.17) is 0 Å². The fourth-order valence-electron chi connectivity index (χ4n) is 4.49. The number of rotatable bonds is 3. The van der Waals surface area contributed by atoms with Crippen LogP contribution in [0.5, 0.6) is 0 Å². The van der Waals surface area contributed by atoms with Crippen molar-refractivity contribution in [1.82, 2.24) is 4.90 Å². The highest BCUT2D eigenvalue weighted by atomic mass is 16.3. The normalized spacial score (nSPS) is 31.4. The van der Waals surface area contributed by atoms with Gasteiger partial charge >= 0.3 is 0 Å². The molecule has 1 amide bonds. The minimum absolute atomic E-state index is 0.0458. The van der Waals surface area contributed by atoms with E-state index in [1.165, 1.54) is 6.42 Å². The van der Waals surface area contributed by atoms with Crippen molar-refractivity contribution in [3.63, 3.8) is 0 Å². The van der Waals surface area contributed by atoms with Crippen LogP contribution < -0.4 is 0 Å². The lowest BCUT2D eigenvalue weighted by molar-refractivity contribution is 0.0152. The molecule has 1 aliphatic heterocycles. The van der Waals surface area contributed by atoms with Gasteiger partial charge in [0, 0.05) is 11.1 Å². The number of aliphatic hydroxyl groups excluding tert-OH is 1. The highest BCUT2D eigenvalue weighted by Gasteiger charge is 2.52. The van der Waals surface area contributed by atoms with E-state index in [0.29, 0.717) is 5.92 Å². The van der Waals surface area contributed by atoms with Gasteiger partial charge in [0.15, 0.2) is 0 Å². The monoisotopic (exact) mass is 299 g/mol. The lowest BCUT2D eigenvalue weighted by Crippen LogP contribution is -2.56. The van der Waals surface area contributed by atoms with E-state index < -0.39 is 0 Å². The molecule has 22 heavy (non-hydrogen) atoms. The number of aliphatic hydroxyl groups is 1. The molecule has 3 nitrogen and oxygen atoms in total. The van der Waals surface area contributed by atoms with Gasteiger partial charge in [0.2, 0.25) is 0 Å². The maximum atomic E-state index is 13.1. The molecule has 1 aromatic carbocycles. The van der Waals surface area contributed by atoms with Crippen LogP contribution >= 0.6 is 0 Å². The Kier molecular flexibility index (Phi) is 4.34. The Labute approximate surface area is 132 Å². The number of amides is 1. The van der Waals surface area contributed by atoms with Crippen LogP contribution in [-0.2, 0) is 0 Å². The Bertz CT molecular complexity index is 542. The van der Waals surface area contributed by atoms with Gasteiger partial charge in [0.05, 0.1) is 12.6 Å². The average Bonchev–Trinajstić information content (AvgIpc) is 2.94. The molecule has 0 bridgehead atoms. The molecule has 3 heteroatoms. The van der Waals surface area contributed by atoms with Gasteiger partial charge in [-0.3, -0.25) is 4.79 Å². The fraction of sp³-hybridized carbons (Fsp3) is 0.526. The molecule has 1 N–H and O–H groups in total. The summed E-state index contributed by atoms with van der Waals surface area (Å²) in [4.78, 5) is 15.1. The Morgan fingerprint density at radius 3 is 2.73 bits per heavy atom. The second-order valence-corrected chi connectivity index (χ2v) is 6.61. The smallest absolute Gasteiger partial charge is 0.254 e. The van der Waals surface area contributed by atoms with E-state index in [1.807, 2.05) is 41.3 Å². The molecule has 1 spiro atoms. The molecule has 0 aromatic heterocycles. The molecule has 118 valence electrons. The number of carbonyl (C=O) groups excluding carboxylic acids is 1. The summed E-state index contributed by atoms with van der Waals surface area (Å²) in [5.41, 5.74) is 0.580. The number of hydrogen-bond donors (Lipinski definition) is 1. The van der Waals surface area contributed by atoms with Crippen LogP contribution in [0.1, 0.15) is 48.9 Å². The molecule has 0 unspecified atom stereocenters. The molecule has 1 saturated carbocycles. The standard InChI is InChI=1S/C19H25NO2/c1-2-16-10-6-7-12-19(16)13-11-17(14-21)20(19)18(22)15-8-4-3-5-9-15/h2-5,8-9,16-17,21H,1,6-7,10-14H2/t16-,17-,19+/m1/s1. The number of nitrogens with zero attached hydrogens (tertiary/aromatic N) is 1. The Balaban J connectivity index is 1.99. The van der Waals surface area contributed by atoms with Crippen LogP contribution in [0.4, 0.5) is 0 Å². The van der Waals surface area contributed by atoms with Crippen LogP contribution in [0.2, 0.25) is 0 Å². The van der Waals surface area contributed by atoms with Gasteiger partial charge in [-0.15, -0.1) is 6.58 Å². The number of benzene rings is 1. The van der Waals surface area contributed by atoms with Crippen molar-refractivity contribution in [2.75, 3.05) is 6.61 Å². The zero-order valence-electron chi connectivity index (χ0n) is 13.1. The predicted octanol–water partition coefficient (Wildman–Crippen LogP) is 3.40. The lowest BCUT2D eigenvalue weighted by Gasteiger charge is -2.48. The molecule has 3 atom stereocenters. The maximum Gasteiger partial charge on any atom is 0.254 e. The van der Waals surface area contributed by atoms with E-state index in [9.17, 15) is 9.90 Å². The third-order valence-electron chi connectivity index (χ3n) is 5.56. The first-order valence-electron chi connectivity index (χ1n) is 8.35. The highest BCUT2D eigenvalue weighted by molar-refractivity contribution is 5.95. The summed E-state index contributed by atoms with van der Waals surface area (Å²) in [6.45, 7) is 4.07. The van der Waals surface area contributed by atoms with Gasteiger partial charge in [-0.25, -0.2) is 0 Å². The lowest BCUT2D eigenvalue weighted by atomic mass is 9.71. The Hall–Kier alpha value is -1.61. The van der Waals surface area contributed by atoms with Crippen LogP contribution in [0, 0.1) is 5.92 Å². The topological polar surface area (TPSA) is 40.5 Å². The summed E-state index contributed by atoms with van der Waals surface area (Å²) in [6, 6.07) is 9.40. The molecule has 0 radical (unpaired) electrons. The van der Waals surface area contributed by atoms with Gasteiger partial charge in [0.1, 0.15) is 0 Å². The summed E-state index contributed by atoms with van der Waals surface area (Å²) >= 11 is 0. The average molecular weight is 299 g/mol. The molecule has 3 rings (SSSR count). The second kappa shape index (κ2) is 6.25. The SMILES string of the molecule is C=C[C@@H]1CCCC[C@]12CC[C@H](CO)N2C(=O)c1ccccc1. The van der Waals surface area contributed by atoms with Gasteiger partial charge in [-0.05, 0) is 43.7 Å². The molecule has 2 aliphatic rings. The second-order valence-electron chi connectivity index (χ2n) is 6.61. The molecule has 1 heterocycles. The number of likely N-dealkylation sites (tertiary alicyclic amines) is 1. The first kappa shape index (κ1) is 15.3. The molecule has 1 aliphatic carbocycles. The summed E-state index contributed by atoms with van der Waals surface area (Å²) in [5, 5.41) is 9.79. The van der Waals surface area contributed by atoms with Crippen molar-refractivity contribution in [1.29, 1.82) is 0 Å². The van der Waals surface area contributed by atoms with Crippen molar-refractivity contribution >= 4 is 5.91 Å². The van der Waals surface area contributed by atoms with E-state index in [-0.39, 0.29) is 24.1 Å². The largest absolute Gasteiger partial charge is 0.394 e. The Morgan fingerprint density at radius 2 is 2.05 bits per heavy atom. The first-order chi connectivity index (χ1) is 10.7. The predicted molar refractivity (Wildman–Crippen MR) is 87.6 cm³/mol. The van der Waals surface area contributed by atoms with E-state index in [2.05, 4.69) is 6.58 Å².